The molecule has 6 nitrogen and oxygen atoms in total. The topological polar surface area (TPSA) is 69.8 Å². The van der Waals surface area contributed by atoms with Crippen molar-refractivity contribution in [3.05, 3.63) is 54.2 Å². The largest absolute Gasteiger partial charge is 0.370 e. The van der Waals surface area contributed by atoms with Gasteiger partial charge in [-0.2, -0.15) is 0 Å². The van der Waals surface area contributed by atoms with Crippen molar-refractivity contribution in [2.45, 2.75) is 6.54 Å². The number of para-hydroxylation sites is 1. The SMILES string of the molecule is CN1CCN(c2ccc(CN=C(N)Nc3ccccc3)cn2)CC1.I. The Morgan fingerprint density at radius 1 is 1.12 bits per heavy atom. The number of guanidine groups is 1. The Labute approximate surface area is 166 Å². The Balaban J connectivity index is 0.00000225. The van der Waals surface area contributed by atoms with Crippen LogP contribution in [0.2, 0.25) is 0 Å². The summed E-state index contributed by atoms with van der Waals surface area (Å²) in [5, 5.41) is 3.07. The first-order chi connectivity index (χ1) is 11.7. The van der Waals surface area contributed by atoms with Gasteiger partial charge < -0.3 is 20.9 Å². The molecule has 2 heterocycles. The number of hydrogen-bond acceptors (Lipinski definition) is 4. The van der Waals surface area contributed by atoms with Gasteiger partial charge in [-0.05, 0) is 30.8 Å². The Bertz CT molecular complexity index is 666. The molecule has 7 heteroatoms. The fourth-order valence-electron chi connectivity index (χ4n) is 2.62. The van der Waals surface area contributed by atoms with E-state index in [0.717, 1.165) is 43.2 Å². The van der Waals surface area contributed by atoms with Gasteiger partial charge in [0, 0.05) is 38.1 Å². The lowest BCUT2D eigenvalue weighted by Crippen LogP contribution is -2.44. The molecule has 3 rings (SSSR count). The lowest BCUT2D eigenvalue weighted by Gasteiger charge is -2.33. The third-order valence-corrected chi connectivity index (χ3v) is 4.11. The smallest absolute Gasteiger partial charge is 0.193 e. The van der Waals surface area contributed by atoms with Gasteiger partial charge in [0.2, 0.25) is 0 Å². The second kappa shape index (κ2) is 9.57. The standard InChI is InChI=1S/C18H24N6.HI/c1-23-9-11-24(12-10-23)17-8-7-15(13-20-17)14-21-18(19)22-16-5-3-2-4-6-16;/h2-8,13H,9-12,14H2,1H3,(H3,19,21,22);1H. The van der Waals surface area contributed by atoms with Crippen molar-refractivity contribution in [1.82, 2.24) is 9.88 Å². The van der Waals surface area contributed by atoms with E-state index in [-0.39, 0.29) is 24.0 Å². The minimum Gasteiger partial charge on any atom is -0.370 e. The molecule has 0 spiro atoms. The van der Waals surface area contributed by atoms with Gasteiger partial charge in [-0.3, -0.25) is 0 Å². The average Bonchev–Trinajstić information content (AvgIpc) is 2.62. The van der Waals surface area contributed by atoms with E-state index < -0.39 is 0 Å². The van der Waals surface area contributed by atoms with Crippen molar-refractivity contribution < 1.29 is 0 Å². The van der Waals surface area contributed by atoms with E-state index >= 15 is 0 Å². The van der Waals surface area contributed by atoms with E-state index in [2.05, 4.69) is 44.3 Å². The number of likely N-dealkylation sites (N-methyl/N-ethyl adjacent to an activating group) is 1. The fourth-order valence-corrected chi connectivity index (χ4v) is 2.62. The highest BCUT2D eigenvalue weighted by Crippen LogP contribution is 2.14. The van der Waals surface area contributed by atoms with Crippen LogP contribution in [0, 0.1) is 0 Å². The quantitative estimate of drug-likeness (QED) is 0.424. The molecule has 1 aliphatic rings. The zero-order valence-corrected chi connectivity index (χ0v) is 16.8. The van der Waals surface area contributed by atoms with Gasteiger partial charge in [0.25, 0.3) is 0 Å². The number of aliphatic imine (C=N–C) groups is 1. The summed E-state index contributed by atoms with van der Waals surface area (Å²) < 4.78 is 0. The van der Waals surface area contributed by atoms with Crippen LogP contribution in [0.5, 0.6) is 0 Å². The predicted molar refractivity (Wildman–Crippen MR) is 115 cm³/mol. The number of nitrogens with two attached hydrogens (primary N) is 1. The molecule has 1 saturated heterocycles. The highest BCUT2D eigenvalue weighted by atomic mass is 127. The first kappa shape index (κ1) is 19.5. The van der Waals surface area contributed by atoms with Crippen LogP contribution in [0.1, 0.15) is 5.56 Å². The second-order valence-electron chi connectivity index (χ2n) is 6.01. The molecule has 0 radical (unpaired) electrons. The molecule has 25 heavy (non-hydrogen) atoms. The van der Waals surface area contributed by atoms with Gasteiger partial charge in [-0.1, -0.05) is 24.3 Å². The highest BCUT2D eigenvalue weighted by Gasteiger charge is 2.14. The van der Waals surface area contributed by atoms with Crippen molar-refractivity contribution in [2.75, 3.05) is 43.4 Å². The molecule has 0 atom stereocenters. The Hall–Kier alpha value is -1.87. The van der Waals surface area contributed by atoms with Crippen LogP contribution < -0.4 is 16.0 Å². The fraction of sp³-hybridized carbons (Fsp3) is 0.333. The van der Waals surface area contributed by atoms with Gasteiger partial charge >= 0.3 is 0 Å². The number of pyridine rings is 1. The maximum absolute atomic E-state index is 5.92. The number of nitrogens with zero attached hydrogens (tertiary/aromatic N) is 4. The minimum absolute atomic E-state index is 0. The van der Waals surface area contributed by atoms with Crippen molar-refractivity contribution in [3.8, 4) is 0 Å². The summed E-state index contributed by atoms with van der Waals surface area (Å²) in [4.78, 5) is 13.6. The summed E-state index contributed by atoms with van der Waals surface area (Å²) in [6.07, 6.45) is 1.88. The summed E-state index contributed by atoms with van der Waals surface area (Å²) in [6.45, 7) is 4.72. The lowest BCUT2D eigenvalue weighted by atomic mass is 10.2. The number of nitrogens with one attached hydrogen (secondary N) is 1. The van der Waals surface area contributed by atoms with Gasteiger partial charge in [-0.15, -0.1) is 24.0 Å². The molecule has 1 aromatic heterocycles. The molecule has 134 valence electrons. The Kier molecular flexibility index (Phi) is 7.45. The van der Waals surface area contributed by atoms with Crippen molar-refractivity contribution in [1.29, 1.82) is 0 Å². The summed E-state index contributed by atoms with van der Waals surface area (Å²) in [5.74, 6) is 1.44. The third kappa shape index (κ3) is 5.86. The molecule has 0 amide bonds. The first-order valence-electron chi connectivity index (χ1n) is 8.21. The Morgan fingerprint density at radius 2 is 1.84 bits per heavy atom. The van der Waals surface area contributed by atoms with Crippen molar-refractivity contribution in [3.63, 3.8) is 0 Å². The van der Waals surface area contributed by atoms with Crippen LogP contribution in [0.15, 0.2) is 53.7 Å². The Morgan fingerprint density at radius 3 is 2.48 bits per heavy atom. The van der Waals surface area contributed by atoms with E-state index in [1.165, 1.54) is 0 Å². The molecule has 0 unspecified atom stereocenters. The highest BCUT2D eigenvalue weighted by molar-refractivity contribution is 14.0. The first-order valence-corrected chi connectivity index (χ1v) is 8.21. The molecule has 1 fully saturated rings. The summed E-state index contributed by atoms with van der Waals surface area (Å²) in [6, 6.07) is 13.9. The number of benzene rings is 1. The van der Waals surface area contributed by atoms with Gasteiger partial charge in [0.05, 0.1) is 6.54 Å². The molecule has 3 N–H and O–H groups in total. The van der Waals surface area contributed by atoms with Crippen LogP contribution in [-0.2, 0) is 6.54 Å². The number of rotatable bonds is 4. The molecular formula is C18H25IN6. The van der Waals surface area contributed by atoms with E-state index in [1.807, 2.05) is 36.5 Å². The number of hydrogen-bond donors (Lipinski definition) is 2. The van der Waals surface area contributed by atoms with Gasteiger partial charge in [-0.25, -0.2) is 9.98 Å². The molecular weight excluding hydrogens is 427 g/mol. The summed E-state index contributed by atoms with van der Waals surface area (Å²) in [7, 11) is 2.15. The molecule has 2 aromatic rings. The zero-order chi connectivity index (χ0) is 16.8. The lowest BCUT2D eigenvalue weighted by molar-refractivity contribution is 0.312. The number of anilines is 2. The second-order valence-corrected chi connectivity index (χ2v) is 6.01. The van der Waals surface area contributed by atoms with Gasteiger partial charge in [0.1, 0.15) is 5.82 Å². The van der Waals surface area contributed by atoms with Crippen molar-refractivity contribution in [2.24, 2.45) is 10.7 Å². The van der Waals surface area contributed by atoms with Crippen LogP contribution in [0.3, 0.4) is 0 Å². The summed E-state index contributed by atoms with van der Waals surface area (Å²) >= 11 is 0. The van der Waals surface area contributed by atoms with Crippen LogP contribution >= 0.6 is 24.0 Å². The van der Waals surface area contributed by atoms with E-state index in [1.54, 1.807) is 0 Å². The molecule has 0 bridgehead atoms. The predicted octanol–water partition coefficient (Wildman–Crippen LogP) is 2.38. The normalized spacial score (nSPS) is 15.6. The minimum atomic E-state index is 0. The molecule has 0 aliphatic carbocycles. The number of piperazine rings is 1. The monoisotopic (exact) mass is 452 g/mol. The number of halogens is 1. The van der Waals surface area contributed by atoms with E-state index in [0.29, 0.717) is 12.5 Å². The van der Waals surface area contributed by atoms with E-state index in [9.17, 15) is 0 Å². The van der Waals surface area contributed by atoms with E-state index in [4.69, 9.17) is 5.73 Å². The van der Waals surface area contributed by atoms with Gasteiger partial charge in [0.15, 0.2) is 5.96 Å². The summed E-state index contributed by atoms with van der Waals surface area (Å²) in [5.41, 5.74) is 7.90. The van der Waals surface area contributed by atoms with Crippen LogP contribution in [-0.4, -0.2) is 49.1 Å². The average molecular weight is 452 g/mol. The maximum atomic E-state index is 5.92. The maximum Gasteiger partial charge on any atom is 0.193 e. The van der Waals surface area contributed by atoms with Crippen LogP contribution in [0.25, 0.3) is 0 Å². The zero-order valence-electron chi connectivity index (χ0n) is 14.4. The molecule has 1 aliphatic heterocycles. The number of aromatic nitrogens is 1. The molecule has 1 aromatic carbocycles. The van der Waals surface area contributed by atoms with Crippen LogP contribution in [0.4, 0.5) is 11.5 Å². The third-order valence-electron chi connectivity index (χ3n) is 4.11. The molecule has 0 saturated carbocycles. The van der Waals surface area contributed by atoms with Crippen molar-refractivity contribution >= 4 is 41.4 Å².